The smallest absolute Gasteiger partial charge is 0.252 e. The van der Waals surface area contributed by atoms with Gasteiger partial charge in [-0.15, -0.1) is 0 Å². The lowest BCUT2D eigenvalue weighted by atomic mass is 10.0. The molecule has 1 atom stereocenters. The largest absolute Gasteiger partial charge is 0.341 e. The number of carbonyl (C=O) groups excluding carboxylic acids is 1. The summed E-state index contributed by atoms with van der Waals surface area (Å²) in [6, 6.07) is 18.8. The van der Waals surface area contributed by atoms with Gasteiger partial charge in [0.15, 0.2) is 5.82 Å². The van der Waals surface area contributed by atoms with Crippen LogP contribution in [-0.4, -0.2) is 25.5 Å². The van der Waals surface area contributed by atoms with Crippen LogP contribution in [0.2, 0.25) is 0 Å². The lowest BCUT2D eigenvalue weighted by molar-refractivity contribution is 0.0943. The van der Waals surface area contributed by atoms with Crippen LogP contribution in [0.1, 0.15) is 27.5 Å². The first-order chi connectivity index (χ1) is 14.1. The van der Waals surface area contributed by atoms with E-state index in [-0.39, 0.29) is 11.9 Å². The molecule has 2 aromatic heterocycles. The van der Waals surface area contributed by atoms with Crippen molar-refractivity contribution in [2.75, 3.05) is 5.32 Å². The SMILES string of the molecule is Cn1cc(C(NC(=O)c2ccc(Nc3ccn(C)n3)cc2)c2ccccc2)cn1. The minimum absolute atomic E-state index is 0.146. The molecule has 2 heterocycles. The second-order valence-electron chi connectivity index (χ2n) is 6.84. The van der Waals surface area contributed by atoms with Crippen LogP contribution in [-0.2, 0) is 14.1 Å². The number of nitrogens with one attached hydrogen (secondary N) is 2. The molecule has 1 unspecified atom stereocenters. The Kier molecular flexibility index (Phi) is 5.11. The van der Waals surface area contributed by atoms with E-state index in [9.17, 15) is 4.79 Å². The number of hydrogen-bond acceptors (Lipinski definition) is 4. The molecular formula is C22H22N6O. The molecule has 4 rings (SSSR count). The number of benzene rings is 2. The summed E-state index contributed by atoms with van der Waals surface area (Å²) in [5.74, 6) is 0.609. The van der Waals surface area contributed by atoms with E-state index < -0.39 is 0 Å². The number of hydrogen-bond donors (Lipinski definition) is 2. The van der Waals surface area contributed by atoms with Crippen molar-refractivity contribution >= 4 is 17.4 Å². The van der Waals surface area contributed by atoms with Crippen molar-refractivity contribution in [2.24, 2.45) is 14.1 Å². The molecule has 0 aliphatic carbocycles. The van der Waals surface area contributed by atoms with E-state index in [0.717, 1.165) is 22.6 Å². The Morgan fingerprint density at radius 1 is 0.931 bits per heavy atom. The predicted octanol–water partition coefficient (Wildman–Crippen LogP) is 3.42. The number of amides is 1. The normalized spacial score (nSPS) is 11.8. The van der Waals surface area contributed by atoms with Crippen molar-refractivity contribution in [3.63, 3.8) is 0 Å². The van der Waals surface area contributed by atoms with E-state index in [1.165, 1.54) is 0 Å². The third kappa shape index (κ3) is 4.35. The van der Waals surface area contributed by atoms with Crippen molar-refractivity contribution in [3.05, 3.63) is 95.9 Å². The van der Waals surface area contributed by atoms with Gasteiger partial charge in [0.1, 0.15) is 0 Å². The molecule has 0 spiro atoms. The zero-order valence-corrected chi connectivity index (χ0v) is 16.3. The fourth-order valence-electron chi connectivity index (χ4n) is 3.14. The molecule has 146 valence electrons. The van der Waals surface area contributed by atoms with Gasteiger partial charge < -0.3 is 10.6 Å². The second kappa shape index (κ2) is 8.02. The van der Waals surface area contributed by atoms with E-state index in [1.54, 1.807) is 27.7 Å². The van der Waals surface area contributed by atoms with Crippen LogP contribution in [0.4, 0.5) is 11.5 Å². The predicted molar refractivity (Wildman–Crippen MR) is 112 cm³/mol. The fourth-order valence-corrected chi connectivity index (χ4v) is 3.14. The summed E-state index contributed by atoms with van der Waals surface area (Å²) in [4.78, 5) is 12.9. The van der Waals surface area contributed by atoms with Gasteiger partial charge in [-0.25, -0.2) is 0 Å². The van der Waals surface area contributed by atoms with E-state index in [0.29, 0.717) is 5.56 Å². The van der Waals surface area contributed by atoms with Crippen LogP contribution in [0.15, 0.2) is 79.3 Å². The first kappa shape index (κ1) is 18.5. The van der Waals surface area contributed by atoms with Crippen LogP contribution in [0.3, 0.4) is 0 Å². The Morgan fingerprint density at radius 3 is 2.31 bits per heavy atom. The number of nitrogens with zero attached hydrogens (tertiary/aromatic N) is 4. The van der Waals surface area contributed by atoms with Gasteiger partial charge >= 0.3 is 0 Å². The molecule has 0 aliphatic rings. The van der Waals surface area contributed by atoms with E-state index >= 15 is 0 Å². The Hall–Kier alpha value is -3.87. The van der Waals surface area contributed by atoms with Crippen molar-refractivity contribution < 1.29 is 4.79 Å². The summed E-state index contributed by atoms with van der Waals surface area (Å²) < 4.78 is 3.46. The molecule has 0 fully saturated rings. The Balaban J connectivity index is 1.51. The highest BCUT2D eigenvalue weighted by Crippen LogP contribution is 2.22. The van der Waals surface area contributed by atoms with Crippen molar-refractivity contribution in [3.8, 4) is 0 Å². The average Bonchev–Trinajstić information content (AvgIpc) is 3.35. The van der Waals surface area contributed by atoms with Crippen molar-refractivity contribution in [2.45, 2.75) is 6.04 Å². The molecule has 1 amide bonds. The molecule has 7 heteroatoms. The first-order valence-electron chi connectivity index (χ1n) is 9.29. The fraction of sp³-hybridized carbons (Fsp3) is 0.136. The molecule has 0 aliphatic heterocycles. The number of anilines is 2. The Bertz CT molecular complexity index is 1100. The number of rotatable bonds is 6. The third-order valence-corrected chi connectivity index (χ3v) is 4.60. The number of aryl methyl sites for hydroxylation is 2. The average molecular weight is 386 g/mol. The summed E-state index contributed by atoms with van der Waals surface area (Å²) in [7, 11) is 3.73. The van der Waals surface area contributed by atoms with Crippen LogP contribution < -0.4 is 10.6 Å². The molecule has 7 nitrogen and oxygen atoms in total. The van der Waals surface area contributed by atoms with Gasteiger partial charge in [0.2, 0.25) is 0 Å². The molecule has 0 bridgehead atoms. The summed E-state index contributed by atoms with van der Waals surface area (Å²) in [5, 5.41) is 14.9. The Morgan fingerprint density at radius 2 is 1.69 bits per heavy atom. The van der Waals surface area contributed by atoms with Gasteiger partial charge in [-0.3, -0.25) is 14.2 Å². The summed E-state index contributed by atoms with van der Waals surface area (Å²) in [6.45, 7) is 0. The van der Waals surface area contributed by atoms with Crippen LogP contribution in [0.5, 0.6) is 0 Å². The molecule has 0 radical (unpaired) electrons. The maximum Gasteiger partial charge on any atom is 0.252 e. The zero-order valence-electron chi connectivity index (χ0n) is 16.3. The second-order valence-corrected chi connectivity index (χ2v) is 6.84. The molecule has 29 heavy (non-hydrogen) atoms. The zero-order chi connectivity index (χ0) is 20.2. The standard InChI is InChI=1S/C22H22N6O/c1-27-13-12-20(26-27)24-19-10-8-17(9-11-19)22(29)25-21(16-6-4-3-5-7-16)18-14-23-28(2)15-18/h3-15,21H,1-2H3,(H,24,26)(H,25,29). The highest BCUT2D eigenvalue weighted by molar-refractivity contribution is 5.95. The molecular weight excluding hydrogens is 364 g/mol. The Labute approximate surface area is 169 Å². The lowest BCUT2D eigenvalue weighted by Crippen LogP contribution is -2.29. The van der Waals surface area contributed by atoms with Gasteiger partial charge in [-0.05, 0) is 29.8 Å². The van der Waals surface area contributed by atoms with Gasteiger partial charge in [0.25, 0.3) is 5.91 Å². The first-order valence-corrected chi connectivity index (χ1v) is 9.29. The van der Waals surface area contributed by atoms with Gasteiger partial charge in [0.05, 0.1) is 12.2 Å². The number of aromatic nitrogens is 4. The van der Waals surface area contributed by atoms with Gasteiger partial charge in [0, 0.05) is 49.4 Å². The van der Waals surface area contributed by atoms with E-state index in [1.807, 2.05) is 75.0 Å². The lowest BCUT2D eigenvalue weighted by Gasteiger charge is -2.18. The van der Waals surface area contributed by atoms with Crippen LogP contribution in [0, 0.1) is 0 Å². The number of carbonyl (C=O) groups is 1. The van der Waals surface area contributed by atoms with Crippen molar-refractivity contribution in [1.82, 2.24) is 24.9 Å². The minimum atomic E-state index is -0.274. The van der Waals surface area contributed by atoms with Crippen LogP contribution >= 0.6 is 0 Å². The molecule has 4 aromatic rings. The summed E-state index contributed by atoms with van der Waals surface area (Å²) in [6.07, 6.45) is 5.56. The minimum Gasteiger partial charge on any atom is -0.341 e. The summed E-state index contributed by atoms with van der Waals surface area (Å²) >= 11 is 0. The topological polar surface area (TPSA) is 76.8 Å². The summed E-state index contributed by atoms with van der Waals surface area (Å²) in [5.41, 5.74) is 3.39. The van der Waals surface area contributed by atoms with Crippen molar-refractivity contribution in [1.29, 1.82) is 0 Å². The molecule has 0 saturated heterocycles. The van der Waals surface area contributed by atoms with Gasteiger partial charge in [-0.1, -0.05) is 30.3 Å². The maximum absolute atomic E-state index is 12.9. The maximum atomic E-state index is 12.9. The van der Waals surface area contributed by atoms with Crippen LogP contribution in [0.25, 0.3) is 0 Å². The highest BCUT2D eigenvalue weighted by atomic mass is 16.1. The van der Waals surface area contributed by atoms with Gasteiger partial charge in [-0.2, -0.15) is 10.2 Å². The quantitative estimate of drug-likeness (QED) is 0.532. The highest BCUT2D eigenvalue weighted by Gasteiger charge is 2.19. The molecule has 2 aromatic carbocycles. The third-order valence-electron chi connectivity index (χ3n) is 4.60. The van der Waals surface area contributed by atoms with E-state index in [2.05, 4.69) is 20.8 Å². The monoisotopic (exact) mass is 386 g/mol. The molecule has 2 N–H and O–H groups in total. The van der Waals surface area contributed by atoms with E-state index in [4.69, 9.17) is 0 Å². The molecule has 0 saturated carbocycles.